The van der Waals surface area contributed by atoms with Gasteiger partial charge in [-0.25, -0.2) is 19.4 Å². The summed E-state index contributed by atoms with van der Waals surface area (Å²) in [6, 6.07) is 3.06. The van der Waals surface area contributed by atoms with E-state index in [0.717, 1.165) is 0 Å². The highest BCUT2D eigenvalue weighted by Gasteiger charge is 2.08. The Morgan fingerprint density at radius 3 is 2.64 bits per heavy atom. The molecule has 0 aliphatic carbocycles. The van der Waals surface area contributed by atoms with Crippen molar-refractivity contribution in [3.63, 3.8) is 0 Å². The van der Waals surface area contributed by atoms with Crippen molar-refractivity contribution in [1.29, 1.82) is 0 Å². The Kier molecular flexibility index (Phi) is 1.94. The summed E-state index contributed by atoms with van der Waals surface area (Å²) in [5, 5.41) is 12.4. The van der Waals surface area contributed by atoms with E-state index >= 15 is 0 Å². The largest absolute Gasteiger partial charge is 0.476 e. The monoisotopic (exact) mass is 190 g/mol. The van der Waals surface area contributed by atoms with Gasteiger partial charge in [0, 0.05) is 18.6 Å². The molecule has 0 spiro atoms. The minimum absolute atomic E-state index is 0.0301. The quantitative estimate of drug-likeness (QED) is 0.739. The van der Waals surface area contributed by atoms with Gasteiger partial charge in [-0.15, -0.1) is 0 Å². The molecule has 0 radical (unpaired) electrons. The molecule has 2 aromatic rings. The van der Waals surface area contributed by atoms with Gasteiger partial charge >= 0.3 is 5.97 Å². The first-order valence-corrected chi connectivity index (χ1v) is 3.84. The normalized spacial score (nSPS) is 10.0. The third-order valence-electron chi connectivity index (χ3n) is 1.57. The van der Waals surface area contributed by atoms with Gasteiger partial charge in [0.15, 0.2) is 5.69 Å². The van der Waals surface area contributed by atoms with Crippen LogP contribution < -0.4 is 0 Å². The molecular weight excluding hydrogens is 184 g/mol. The van der Waals surface area contributed by atoms with Crippen LogP contribution in [-0.2, 0) is 0 Å². The lowest BCUT2D eigenvalue weighted by Gasteiger charge is -1.95. The average molecular weight is 190 g/mol. The second kappa shape index (κ2) is 3.25. The molecule has 0 amide bonds. The van der Waals surface area contributed by atoms with Crippen molar-refractivity contribution in [2.45, 2.75) is 0 Å². The van der Waals surface area contributed by atoms with Gasteiger partial charge in [-0.2, -0.15) is 5.10 Å². The lowest BCUT2D eigenvalue weighted by atomic mass is 10.5. The lowest BCUT2D eigenvalue weighted by molar-refractivity contribution is 0.0690. The van der Waals surface area contributed by atoms with Crippen LogP contribution in [0.2, 0.25) is 0 Å². The van der Waals surface area contributed by atoms with Crippen molar-refractivity contribution in [2.24, 2.45) is 0 Å². The van der Waals surface area contributed by atoms with Crippen LogP contribution in [0.25, 0.3) is 5.95 Å². The Labute approximate surface area is 78.9 Å². The van der Waals surface area contributed by atoms with Crippen LogP contribution in [0.4, 0.5) is 0 Å². The number of aromatic carboxylic acids is 1. The highest BCUT2D eigenvalue weighted by atomic mass is 16.4. The summed E-state index contributed by atoms with van der Waals surface area (Å²) in [5.41, 5.74) is -0.0301. The first kappa shape index (κ1) is 8.36. The summed E-state index contributed by atoms with van der Waals surface area (Å²) in [6.07, 6.45) is 4.62. The first-order chi connectivity index (χ1) is 6.77. The van der Waals surface area contributed by atoms with E-state index in [0.29, 0.717) is 5.95 Å². The Bertz CT molecular complexity index is 451. The van der Waals surface area contributed by atoms with Gasteiger partial charge in [0.2, 0.25) is 5.95 Å². The number of carboxylic acid groups (broad SMARTS) is 1. The van der Waals surface area contributed by atoms with E-state index in [-0.39, 0.29) is 5.69 Å². The molecule has 14 heavy (non-hydrogen) atoms. The zero-order valence-electron chi connectivity index (χ0n) is 7.03. The second-order valence-corrected chi connectivity index (χ2v) is 2.50. The van der Waals surface area contributed by atoms with Gasteiger partial charge in [0.05, 0.1) is 0 Å². The van der Waals surface area contributed by atoms with Crippen LogP contribution >= 0.6 is 0 Å². The van der Waals surface area contributed by atoms with Crippen molar-refractivity contribution in [3.05, 3.63) is 36.4 Å². The van der Waals surface area contributed by atoms with Crippen molar-refractivity contribution >= 4 is 5.97 Å². The fraction of sp³-hybridized carbons (Fsp3) is 0. The van der Waals surface area contributed by atoms with Crippen LogP contribution in [-0.4, -0.2) is 30.8 Å². The summed E-state index contributed by atoms with van der Waals surface area (Å²) in [4.78, 5) is 18.4. The summed E-state index contributed by atoms with van der Waals surface area (Å²) >= 11 is 0. The van der Waals surface area contributed by atoms with E-state index in [1.54, 1.807) is 18.5 Å². The highest BCUT2D eigenvalue weighted by molar-refractivity contribution is 5.85. The van der Waals surface area contributed by atoms with Crippen LogP contribution in [0, 0.1) is 0 Å². The number of hydrogen-bond donors (Lipinski definition) is 1. The summed E-state index contributed by atoms with van der Waals surface area (Å²) in [7, 11) is 0. The maximum Gasteiger partial charge on any atom is 0.356 e. The summed E-state index contributed by atoms with van der Waals surface area (Å²) < 4.78 is 1.31. The standard InChI is InChI=1S/C8H6N4O2/c13-7(14)6-2-5-12(11-6)8-9-3-1-4-10-8/h1-5H,(H,13,14). The molecule has 0 fully saturated rings. The molecule has 0 saturated carbocycles. The smallest absolute Gasteiger partial charge is 0.356 e. The third-order valence-corrected chi connectivity index (χ3v) is 1.57. The van der Waals surface area contributed by atoms with Crippen LogP contribution in [0.15, 0.2) is 30.7 Å². The van der Waals surface area contributed by atoms with Crippen LogP contribution in [0.3, 0.4) is 0 Å². The lowest BCUT2D eigenvalue weighted by Crippen LogP contribution is -2.03. The van der Waals surface area contributed by atoms with Crippen molar-refractivity contribution < 1.29 is 9.90 Å². The minimum atomic E-state index is -1.07. The Balaban J connectivity index is 2.39. The van der Waals surface area contributed by atoms with Crippen molar-refractivity contribution in [1.82, 2.24) is 19.7 Å². The number of rotatable bonds is 2. The zero-order chi connectivity index (χ0) is 9.97. The summed E-state index contributed by atoms with van der Waals surface area (Å²) in [6.45, 7) is 0. The van der Waals surface area contributed by atoms with E-state index in [4.69, 9.17) is 5.11 Å². The molecule has 6 heteroatoms. The Morgan fingerprint density at radius 2 is 2.07 bits per heavy atom. The van der Waals surface area contributed by atoms with Crippen molar-refractivity contribution in [2.75, 3.05) is 0 Å². The Morgan fingerprint density at radius 1 is 1.36 bits per heavy atom. The fourth-order valence-electron chi connectivity index (χ4n) is 0.959. The number of carboxylic acids is 1. The summed E-state index contributed by atoms with van der Waals surface area (Å²) in [5.74, 6) is -0.723. The van der Waals surface area contributed by atoms with Gasteiger partial charge in [-0.3, -0.25) is 0 Å². The van der Waals surface area contributed by atoms with Gasteiger partial charge in [0.1, 0.15) is 0 Å². The molecule has 0 saturated heterocycles. The van der Waals surface area contributed by atoms with E-state index in [1.807, 2.05) is 0 Å². The molecule has 6 nitrogen and oxygen atoms in total. The molecular formula is C8H6N4O2. The van der Waals surface area contributed by atoms with Gasteiger partial charge in [-0.1, -0.05) is 0 Å². The SMILES string of the molecule is O=C(O)c1ccn(-c2ncccn2)n1. The van der Waals surface area contributed by atoms with E-state index < -0.39 is 5.97 Å². The number of aromatic nitrogens is 4. The first-order valence-electron chi connectivity index (χ1n) is 3.84. The number of nitrogens with zero attached hydrogens (tertiary/aromatic N) is 4. The number of hydrogen-bond acceptors (Lipinski definition) is 4. The molecule has 0 atom stereocenters. The maximum atomic E-state index is 10.5. The Hall–Kier alpha value is -2.24. The predicted molar refractivity (Wildman–Crippen MR) is 46.1 cm³/mol. The van der Waals surface area contributed by atoms with Crippen LogP contribution in [0.5, 0.6) is 0 Å². The van der Waals surface area contributed by atoms with E-state index in [9.17, 15) is 4.79 Å². The minimum Gasteiger partial charge on any atom is -0.476 e. The molecule has 70 valence electrons. The van der Waals surface area contributed by atoms with E-state index in [2.05, 4.69) is 15.1 Å². The van der Waals surface area contributed by atoms with Gasteiger partial charge < -0.3 is 5.11 Å². The zero-order valence-corrected chi connectivity index (χ0v) is 7.03. The molecule has 0 aromatic carbocycles. The van der Waals surface area contributed by atoms with E-state index in [1.165, 1.54) is 16.9 Å². The van der Waals surface area contributed by atoms with Crippen LogP contribution in [0.1, 0.15) is 10.5 Å². The second-order valence-electron chi connectivity index (χ2n) is 2.50. The fourth-order valence-corrected chi connectivity index (χ4v) is 0.959. The molecule has 2 rings (SSSR count). The number of carbonyl (C=O) groups is 1. The molecule has 0 unspecified atom stereocenters. The van der Waals surface area contributed by atoms with Gasteiger partial charge in [-0.05, 0) is 12.1 Å². The van der Waals surface area contributed by atoms with Crippen molar-refractivity contribution in [3.8, 4) is 5.95 Å². The molecule has 2 aromatic heterocycles. The molecule has 1 N–H and O–H groups in total. The average Bonchev–Trinajstić information content (AvgIpc) is 2.68. The highest BCUT2D eigenvalue weighted by Crippen LogP contribution is 2.00. The molecule has 0 aliphatic heterocycles. The topological polar surface area (TPSA) is 80.9 Å². The maximum absolute atomic E-state index is 10.5. The molecule has 2 heterocycles. The molecule has 0 aliphatic rings. The van der Waals surface area contributed by atoms with Gasteiger partial charge in [0.25, 0.3) is 0 Å². The molecule has 0 bridgehead atoms. The predicted octanol–water partition coefficient (Wildman–Crippen LogP) is 0.360. The third kappa shape index (κ3) is 1.45.